The van der Waals surface area contributed by atoms with Crippen LogP contribution < -0.4 is 9.80 Å². The Morgan fingerprint density at radius 1 is 1.07 bits per heavy atom. The van der Waals surface area contributed by atoms with E-state index in [1.165, 1.54) is 31.3 Å². The Kier molecular flexibility index (Phi) is 6.41. The van der Waals surface area contributed by atoms with E-state index in [1.54, 1.807) is 30.5 Å². The van der Waals surface area contributed by atoms with E-state index in [0.29, 0.717) is 11.4 Å². The second kappa shape index (κ2) is 8.97. The number of carbonyl (C=O) groups excluding carboxylic acids is 2. The van der Waals surface area contributed by atoms with Crippen molar-refractivity contribution in [1.82, 2.24) is 0 Å². The van der Waals surface area contributed by atoms with Crippen molar-refractivity contribution in [3.05, 3.63) is 59.7 Å². The summed E-state index contributed by atoms with van der Waals surface area (Å²) in [6, 6.07) is 4.76. The highest BCUT2D eigenvalue weighted by atomic mass is 32.2. The number of anilines is 2. The minimum atomic E-state index is -0.728. The van der Waals surface area contributed by atoms with Gasteiger partial charge in [0.25, 0.3) is 0 Å². The van der Waals surface area contributed by atoms with Crippen LogP contribution in [0.2, 0.25) is 0 Å². The topological polar surface area (TPSA) is 59.1 Å². The third-order valence-corrected chi connectivity index (χ3v) is 5.39. The SMILES string of the molecule is COC(=O)C1=C(C(=O)OC)N(c2ccc(N3CCSCC3)c(F)c2)C=CC=C1. The van der Waals surface area contributed by atoms with Crippen molar-refractivity contribution in [3.8, 4) is 0 Å². The van der Waals surface area contributed by atoms with Gasteiger partial charge in [-0.1, -0.05) is 6.08 Å². The van der Waals surface area contributed by atoms with Crippen LogP contribution in [0.5, 0.6) is 0 Å². The third-order valence-electron chi connectivity index (χ3n) is 4.45. The maximum absolute atomic E-state index is 14.9. The fourth-order valence-electron chi connectivity index (χ4n) is 3.07. The van der Waals surface area contributed by atoms with Gasteiger partial charge in [0, 0.05) is 42.5 Å². The molecule has 0 atom stereocenters. The number of hydrogen-bond acceptors (Lipinski definition) is 7. The fraction of sp³-hybridized carbons (Fsp3) is 0.300. The van der Waals surface area contributed by atoms with Crippen molar-refractivity contribution in [2.45, 2.75) is 0 Å². The monoisotopic (exact) mass is 404 g/mol. The van der Waals surface area contributed by atoms with Crippen LogP contribution in [0.15, 0.2) is 53.9 Å². The lowest BCUT2D eigenvalue weighted by Crippen LogP contribution is -2.33. The number of methoxy groups -OCH3 is 2. The number of carbonyl (C=O) groups is 2. The Morgan fingerprint density at radius 2 is 1.79 bits per heavy atom. The van der Waals surface area contributed by atoms with Gasteiger partial charge in [-0.05, 0) is 24.3 Å². The Balaban J connectivity index is 2.03. The van der Waals surface area contributed by atoms with Gasteiger partial charge in [-0.3, -0.25) is 0 Å². The zero-order valence-corrected chi connectivity index (χ0v) is 16.5. The zero-order chi connectivity index (χ0) is 20.1. The highest BCUT2D eigenvalue weighted by Crippen LogP contribution is 2.31. The first-order chi connectivity index (χ1) is 13.6. The van der Waals surface area contributed by atoms with E-state index in [-0.39, 0.29) is 17.1 Å². The van der Waals surface area contributed by atoms with Crippen LogP contribution in [0.4, 0.5) is 15.8 Å². The third kappa shape index (κ3) is 4.06. The molecule has 2 aliphatic heterocycles. The van der Waals surface area contributed by atoms with Crippen molar-refractivity contribution in [3.63, 3.8) is 0 Å². The van der Waals surface area contributed by atoms with Gasteiger partial charge in [-0.15, -0.1) is 0 Å². The molecule has 0 bridgehead atoms. The molecule has 28 heavy (non-hydrogen) atoms. The summed E-state index contributed by atoms with van der Waals surface area (Å²) in [6.45, 7) is 1.57. The van der Waals surface area contributed by atoms with Crippen LogP contribution in [-0.2, 0) is 19.1 Å². The number of ether oxygens (including phenoxy) is 2. The number of benzene rings is 1. The molecule has 0 unspecified atom stereocenters. The zero-order valence-electron chi connectivity index (χ0n) is 15.7. The van der Waals surface area contributed by atoms with Gasteiger partial charge in [-0.25, -0.2) is 14.0 Å². The van der Waals surface area contributed by atoms with Gasteiger partial charge in [0.2, 0.25) is 0 Å². The Labute approximate surface area is 167 Å². The van der Waals surface area contributed by atoms with E-state index in [0.717, 1.165) is 24.6 Å². The molecule has 3 rings (SSSR count). The molecule has 8 heteroatoms. The summed E-state index contributed by atoms with van der Waals surface area (Å²) < 4.78 is 24.5. The Bertz CT molecular complexity index is 860. The van der Waals surface area contributed by atoms with Gasteiger partial charge in [0.1, 0.15) is 11.5 Å². The van der Waals surface area contributed by atoms with Crippen LogP contribution in [0.1, 0.15) is 0 Å². The molecule has 2 aliphatic rings. The lowest BCUT2D eigenvalue weighted by atomic mass is 10.1. The summed E-state index contributed by atoms with van der Waals surface area (Å²) >= 11 is 1.85. The molecule has 2 heterocycles. The molecule has 6 nitrogen and oxygen atoms in total. The molecule has 0 radical (unpaired) electrons. The number of rotatable bonds is 4. The highest BCUT2D eigenvalue weighted by Gasteiger charge is 2.28. The first-order valence-electron chi connectivity index (χ1n) is 8.74. The molecule has 0 aliphatic carbocycles. The molecular formula is C20H21FN2O4S. The summed E-state index contributed by atoms with van der Waals surface area (Å²) in [5.74, 6) is 0.111. The molecule has 0 saturated carbocycles. The van der Waals surface area contributed by atoms with Gasteiger partial charge >= 0.3 is 11.9 Å². The van der Waals surface area contributed by atoms with Crippen molar-refractivity contribution in [2.24, 2.45) is 0 Å². The molecular weight excluding hydrogens is 383 g/mol. The largest absolute Gasteiger partial charge is 0.465 e. The van der Waals surface area contributed by atoms with Crippen molar-refractivity contribution in [1.29, 1.82) is 0 Å². The molecule has 0 aromatic heterocycles. The average Bonchev–Trinajstić information content (AvgIpc) is 2.96. The maximum atomic E-state index is 14.9. The standard InChI is InChI=1S/C20H21FN2O4S/c1-26-19(24)15-5-3-4-8-23(18(15)20(25)27-2)14-6-7-17(16(21)13-14)22-9-11-28-12-10-22/h3-8,13H,9-12H2,1-2H3. The number of nitrogens with zero attached hydrogens (tertiary/aromatic N) is 2. The summed E-state index contributed by atoms with van der Waals surface area (Å²) in [4.78, 5) is 28.0. The van der Waals surface area contributed by atoms with Crippen molar-refractivity contribution >= 4 is 35.1 Å². The van der Waals surface area contributed by atoms with E-state index < -0.39 is 11.9 Å². The molecule has 1 fully saturated rings. The quantitative estimate of drug-likeness (QED) is 0.715. The number of thioether (sulfide) groups is 1. The van der Waals surface area contributed by atoms with E-state index in [4.69, 9.17) is 9.47 Å². The smallest absolute Gasteiger partial charge is 0.355 e. The fourth-order valence-corrected chi connectivity index (χ4v) is 3.98. The lowest BCUT2D eigenvalue weighted by Gasteiger charge is -2.30. The van der Waals surface area contributed by atoms with Gasteiger partial charge in [-0.2, -0.15) is 11.8 Å². The molecule has 148 valence electrons. The van der Waals surface area contributed by atoms with E-state index in [9.17, 15) is 14.0 Å². The summed E-state index contributed by atoms with van der Waals surface area (Å²) in [5, 5.41) is 0. The van der Waals surface area contributed by atoms with E-state index in [1.807, 2.05) is 16.7 Å². The minimum Gasteiger partial charge on any atom is -0.465 e. The first-order valence-corrected chi connectivity index (χ1v) is 9.89. The van der Waals surface area contributed by atoms with Crippen molar-refractivity contribution in [2.75, 3.05) is 48.6 Å². The first kappa shape index (κ1) is 20.0. The number of esters is 2. The molecule has 0 spiro atoms. The Hall–Kier alpha value is -2.74. The number of halogens is 1. The highest BCUT2D eigenvalue weighted by molar-refractivity contribution is 7.99. The van der Waals surface area contributed by atoms with E-state index >= 15 is 0 Å². The number of allylic oxidation sites excluding steroid dienone is 2. The number of hydrogen-bond donors (Lipinski definition) is 0. The molecule has 1 aromatic carbocycles. The normalized spacial score (nSPS) is 16.8. The molecule has 1 aromatic rings. The predicted molar refractivity (Wildman–Crippen MR) is 108 cm³/mol. The van der Waals surface area contributed by atoms with Gasteiger partial charge in [0.15, 0.2) is 0 Å². The molecule has 1 saturated heterocycles. The van der Waals surface area contributed by atoms with Crippen LogP contribution in [0.25, 0.3) is 0 Å². The predicted octanol–water partition coefficient (Wildman–Crippen LogP) is 2.87. The van der Waals surface area contributed by atoms with Gasteiger partial charge < -0.3 is 19.3 Å². The summed E-state index contributed by atoms with van der Waals surface area (Å²) in [5.41, 5.74) is 0.907. The summed E-state index contributed by atoms with van der Waals surface area (Å²) in [6.07, 6.45) is 6.28. The van der Waals surface area contributed by atoms with Crippen LogP contribution in [-0.4, -0.2) is 50.8 Å². The second-order valence-corrected chi connectivity index (χ2v) is 7.28. The van der Waals surface area contributed by atoms with Crippen LogP contribution in [0.3, 0.4) is 0 Å². The second-order valence-electron chi connectivity index (χ2n) is 6.05. The molecule has 0 amide bonds. The Morgan fingerprint density at radius 3 is 2.43 bits per heavy atom. The lowest BCUT2D eigenvalue weighted by molar-refractivity contribution is -0.139. The molecule has 0 N–H and O–H groups in total. The van der Waals surface area contributed by atoms with E-state index in [2.05, 4.69) is 0 Å². The van der Waals surface area contributed by atoms with Crippen LogP contribution in [0, 0.1) is 5.82 Å². The van der Waals surface area contributed by atoms with Crippen LogP contribution >= 0.6 is 11.8 Å². The average molecular weight is 404 g/mol. The summed E-state index contributed by atoms with van der Waals surface area (Å²) in [7, 11) is 2.45. The maximum Gasteiger partial charge on any atom is 0.355 e. The van der Waals surface area contributed by atoms with Crippen molar-refractivity contribution < 1.29 is 23.5 Å². The van der Waals surface area contributed by atoms with Gasteiger partial charge in [0.05, 0.1) is 25.5 Å². The minimum absolute atomic E-state index is 0.0249.